The molecule has 1 N–H and O–H groups in total. The van der Waals surface area contributed by atoms with Gasteiger partial charge < -0.3 is 14.6 Å². The van der Waals surface area contributed by atoms with Crippen LogP contribution in [0, 0.1) is 5.92 Å². The van der Waals surface area contributed by atoms with E-state index in [1.54, 1.807) is 0 Å². The van der Waals surface area contributed by atoms with Gasteiger partial charge in [-0.2, -0.15) is 0 Å². The Morgan fingerprint density at radius 2 is 0.791 bits per heavy atom. The van der Waals surface area contributed by atoms with Gasteiger partial charge in [-0.3, -0.25) is 9.59 Å². The molecule has 0 aromatic carbocycles. The molecule has 256 valence electrons. The van der Waals surface area contributed by atoms with E-state index in [1.165, 1.54) is 141 Å². The third kappa shape index (κ3) is 33.6. The second-order valence-corrected chi connectivity index (χ2v) is 13.3. The monoisotopic (exact) mass is 611 g/mol. The summed E-state index contributed by atoms with van der Waals surface area (Å²) in [5.41, 5.74) is 0. The lowest BCUT2D eigenvalue weighted by Crippen LogP contribution is -2.25. The molecule has 1 unspecified atom stereocenters. The molecule has 0 saturated carbocycles. The van der Waals surface area contributed by atoms with Crippen LogP contribution in [-0.2, 0) is 19.1 Å². The highest BCUT2D eigenvalue weighted by molar-refractivity contribution is 5.69. The van der Waals surface area contributed by atoms with E-state index in [9.17, 15) is 14.7 Å². The Kier molecular flexibility index (Phi) is 32.9. The van der Waals surface area contributed by atoms with Gasteiger partial charge in [-0.05, 0) is 18.8 Å². The van der Waals surface area contributed by atoms with Crippen LogP contribution < -0.4 is 0 Å². The SMILES string of the molecule is CCCCCCCCCCCCCCCCCCCCCC(=O)OC[C@@H](O)COC(=O)CCCCCCCCC(C)CC. The van der Waals surface area contributed by atoms with Gasteiger partial charge in [-0.1, -0.05) is 181 Å². The summed E-state index contributed by atoms with van der Waals surface area (Å²) >= 11 is 0. The average Bonchev–Trinajstić information content (AvgIpc) is 3.01. The summed E-state index contributed by atoms with van der Waals surface area (Å²) in [6, 6.07) is 0. The molecule has 0 fully saturated rings. The third-order valence-electron chi connectivity index (χ3n) is 8.88. The molecular formula is C38H74O5. The van der Waals surface area contributed by atoms with Crippen molar-refractivity contribution in [2.75, 3.05) is 13.2 Å². The van der Waals surface area contributed by atoms with Crippen LogP contribution in [0.4, 0.5) is 0 Å². The highest BCUT2D eigenvalue weighted by Crippen LogP contribution is 2.16. The number of ether oxygens (including phenoxy) is 2. The molecule has 2 atom stereocenters. The number of rotatable bonds is 34. The molecule has 5 nitrogen and oxygen atoms in total. The van der Waals surface area contributed by atoms with Crippen molar-refractivity contribution in [3.8, 4) is 0 Å². The summed E-state index contributed by atoms with van der Waals surface area (Å²) in [5, 5.41) is 9.98. The standard InChI is InChI=1S/C38H74O5/c1-4-6-7-8-9-10-11-12-13-14-15-16-17-18-19-20-21-25-28-31-37(40)42-33-36(39)34-43-38(41)32-29-26-23-22-24-27-30-35(3)5-2/h35-36,39H,4-34H2,1-3H3/t35?,36-/m1/s1. The van der Waals surface area contributed by atoms with Gasteiger partial charge in [0.25, 0.3) is 0 Å². The van der Waals surface area contributed by atoms with Crippen LogP contribution in [0.1, 0.15) is 207 Å². The van der Waals surface area contributed by atoms with E-state index in [1.807, 2.05) is 0 Å². The summed E-state index contributed by atoms with van der Waals surface area (Å²) < 4.78 is 10.3. The highest BCUT2D eigenvalue weighted by Gasteiger charge is 2.12. The van der Waals surface area contributed by atoms with E-state index >= 15 is 0 Å². The van der Waals surface area contributed by atoms with Crippen LogP contribution in [-0.4, -0.2) is 36.4 Å². The molecule has 0 heterocycles. The Labute approximate surface area is 268 Å². The Bertz CT molecular complexity index is 593. The van der Waals surface area contributed by atoms with Crippen LogP contribution in [0.25, 0.3) is 0 Å². The minimum atomic E-state index is -0.955. The van der Waals surface area contributed by atoms with Crippen molar-refractivity contribution in [1.29, 1.82) is 0 Å². The summed E-state index contributed by atoms with van der Waals surface area (Å²) in [5.74, 6) is 0.273. The summed E-state index contributed by atoms with van der Waals surface area (Å²) in [7, 11) is 0. The first kappa shape index (κ1) is 41.9. The fourth-order valence-corrected chi connectivity index (χ4v) is 5.59. The molecule has 0 bridgehead atoms. The van der Waals surface area contributed by atoms with E-state index < -0.39 is 6.10 Å². The first-order valence-electron chi connectivity index (χ1n) is 19.0. The van der Waals surface area contributed by atoms with Gasteiger partial charge in [0.15, 0.2) is 0 Å². The smallest absolute Gasteiger partial charge is 0.305 e. The van der Waals surface area contributed by atoms with Crippen LogP contribution in [0.2, 0.25) is 0 Å². The summed E-state index contributed by atoms with van der Waals surface area (Å²) in [4.78, 5) is 23.8. The van der Waals surface area contributed by atoms with Gasteiger partial charge in [-0.15, -0.1) is 0 Å². The molecule has 0 aromatic heterocycles. The van der Waals surface area contributed by atoms with Crippen LogP contribution in [0.5, 0.6) is 0 Å². The van der Waals surface area contributed by atoms with Crippen molar-refractivity contribution >= 4 is 11.9 Å². The second kappa shape index (κ2) is 33.8. The molecule has 0 aromatic rings. The topological polar surface area (TPSA) is 72.8 Å². The number of carbonyl (C=O) groups is 2. The Morgan fingerprint density at radius 1 is 0.488 bits per heavy atom. The quantitative estimate of drug-likeness (QED) is 0.0579. The number of aliphatic hydroxyl groups is 1. The molecule has 0 aliphatic rings. The maximum absolute atomic E-state index is 11.9. The lowest BCUT2D eigenvalue weighted by Gasteiger charge is -2.12. The minimum Gasteiger partial charge on any atom is -0.463 e. The third-order valence-corrected chi connectivity index (χ3v) is 8.88. The first-order valence-corrected chi connectivity index (χ1v) is 19.0. The highest BCUT2D eigenvalue weighted by atomic mass is 16.6. The molecule has 0 saturated heterocycles. The molecule has 43 heavy (non-hydrogen) atoms. The van der Waals surface area contributed by atoms with E-state index in [-0.39, 0.29) is 25.2 Å². The Morgan fingerprint density at radius 3 is 1.12 bits per heavy atom. The zero-order valence-electron chi connectivity index (χ0n) is 29.2. The second-order valence-electron chi connectivity index (χ2n) is 13.3. The summed E-state index contributed by atoms with van der Waals surface area (Å²) in [6.07, 6.45) is 34.5. The first-order chi connectivity index (χ1) is 21.0. The Balaban J connectivity index is 3.37. The average molecular weight is 611 g/mol. The number of esters is 2. The van der Waals surface area contributed by atoms with Crippen LogP contribution in [0.15, 0.2) is 0 Å². The predicted octanol–water partition coefficient (Wildman–Crippen LogP) is 11.4. The number of hydrogen-bond donors (Lipinski definition) is 1. The fraction of sp³-hybridized carbons (Fsp3) is 0.947. The lowest BCUT2D eigenvalue weighted by atomic mass is 10.00. The molecule has 0 amide bonds. The van der Waals surface area contributed by atoms with Gasteiger partial charge in [0.05, 0.1) is 0 Å². The van der Waals surface area contributed by atoms with Crippen molar-refractivity contribution in [3.05, 3.63) is 0 Å². The van der Waals surface area contributed by atoms with Crippen molar-refractivity contribution in [1.82, 2.24) is 0 Å². The van der Waals surface area contributed by atoms with Crippen LogP contribution in [0.3, 0.4) is 0 Å². The van der Waals surface area contributed by atoms with E-state index in [4.69, 9.17) is 9.47 Å². The molecule has 0 spiro atoms. The molecule has 0 radical (unpaired) electrons. The van der Waals surface area contributed by atoms with Gasteiger partial charge in [0.1, 0.15) is 19.3 Å². The molecular weight excluding hydrogens is 536 g/mol. The largest absolute Gasteiger partial charge is 0.463 e. The molecule has 0 aliphatic carbocycles. The zero-order chi connectivity index (χ0) is 31.6. The van der Waals surface area contributed by atoms with Crippen molar-refractivity contribution in [2.45, 2.75) is 213 Å². The maximum atomic E-state index is 11.9. The lowest BCUT2D eigenvalue weighted by molar-refractivity contribution is -0.152. The Hall–Kier alpha value is -1.10. The minimum absolute atomic E-state index is 0.109. The number of hydrogen-bond acceptors (Lipinski definition) is 5. The van der Waals surface area contributed by atoms with Gasteiger partial charge >= 0.3 is 11.9 Å². The maximum Gasteiger partial charge on any atom is 0.305 e. The summed E-state index contributed by atoms with van der Waals surface area (Å²) in [6.45, 7) is 6.63. The molecule has 0 aliphatic heterocycles. The number of carbonyl (C=O) groups excluding carboxylic acids is 2. The number of unbranched alkanes of at least 4 members (excludes halogenated alkanes) is 23. The zero-order valence-corrected chi connectivity index (χ0v) is 29.2. The van der Waals surface area contributed by atoms with E-state index in [0.29, 0.717) is 12.8 Å². The van der Waals surface area contributed by atoms with Gasteiger partial charge in [-0.25, -0.2) is 0 Å². The van der Waals surface area contributed by atoms with Gasteiger partial charge in [0, 0.05) is 12.8 Å². The number of aliphatic hydroxyl groups excluding tert-OH is 1. The van der Waals surface area contributed by atoms with Crippen molar-refractivity contribution < 1.29 is 24.2 Å². The van der Waals surface area contributed by atoms with Gasteiger partial charge in [0.2, 0.25) is 0 Å². The predicted molar refractivity (Wildman–Crippen MR) is 182 cm³/mol. The van der Waals surface area contributed by atoms with Crippen molar-refractivity contribution in [3.63, 3.8) is 0 Å². The molecule has 0 rings (SSSR count). The normalized spacial score (nSPS) is 12.7. The van der Waals surface area contributed by atoms with E-state index in [2.05, 4.69) is 20.8 Å². The van der Waals surface area contributed by atoms with Crippen LogP contribution >= 0.6 is 0 Å². The van der Waals surface area contributed by atoms with Crippen molar-refractivity contribution in [2.24, 2.45) is 5.92 Å². The molecule has 5 heteroatoms. The fourth-order valence-electron chi connectivity index (χ4n) is 5.59. The van der Waals surface area contributed by atoms with E-state index in [0.717, 1.165) is 38.0 Å².